The topological polar surface area (TPSA) is 81.9 Å². The maximum Gasteiger partial charge on any atom is 0.387 e. The van der Waals surface area contributed by atoms with Crippen LogP contribution in [0.2, 0.25) is 0 Å². The molecule has 0 bridgehead atoms. The van der Waals surface area contributed by atoms with E-state index in [9.17, 15) is 13.6 Å². The number of rotatable bonds is 4. The highest BCUT2D eigenvalue weighted by atomic mass is 19.3. The van der Waals surface area contributed by atoms with Crippen molar-refractivity contribution in [1.29, 1.82) is 0 Å². The van der Waals surface area contributed by atoms with Gasteiger partial charge in [-0.1, -0.05) is 20.8 Å². The summed E-state index contributed by atoms with van der Waals surface area (Å²) >= 11 is 0. The van der Waals surface area contributed by atoms with Crippen LogP contribution in [0.5, 0.6) is 5.75 Å². The molecule has 0 atom stereocenters. The zero-order chi connectivity index (χ0) is 17.2. The number of nitrogens with one attached hydrogen (secondary N) is 1. The lowest BCUT2D eigenvalue weighted by molar-refractivity contribution is -0.123. The van der Waals surface area contributed by atoms with Crippen LogP contribution in [0.4, 0.5) is 14.6 Å². The lowest BCUT2D eigenvalue weighted by Crippen LogP contribution is -2.28. The number of pyridine rings is 1. The largest absolute Gasteiger partial charge is 0.430 e. The lowest BCUT2D eigenvalue weighted by atomic mass is 9.96. The number of hydrogen-bond donors (Lipinski definition) is 1. The molecule has 23 heavy (non-hydrogen) atoms. The molecule has 124 valence electrons. The van der Waals surface area contributed by atoms with Crippen LogP contribution in [0.3, 0.4) is 0 Å². The van der Waals surface area contributed by atoms with Crippen LogP contribution in [0.15, 0.2) is 18.5 Å². The Hall–Kier alpha value is -2.58. The Morgan fingerprint density at radius 2 is 2.09 bits per heavy atom. The fraction of sp³-hybridized carbons (Fsp3) is 0.429. The highest BCUT2D eigenvalue weighted by Crippen LogP contribution is 2.35. The molecule has 2 rings (SSSR count). The van der Waals surface area contributed by atoms with Gasteiger partial charge in [-0.15, -0.1) is 0 Å². The summed E-state index contributed by atoms with van der Waals surface area (Å²) in [6, 6.07) is 1.47. The first-order valence-corrected chi connectivity index (χ1v) is 6.80. The predicted octanol–water partition coefficient (Wildman–Crippen LogP) is 2.46. The van der Waals surface area contributed by atoms with Gasteiger partial charge in [0.05, 0.1) is 11.8 Å². The highest BCUT2D eigenvalue weighted by Gasteiger charge is 2.25. The molecule has 0 saturated carbocycles. The minimum Gasteiger partial charge on any atom is -0.430 e. The van der Waals surface area contributed by atoms with Crippen LogP contribution in [0.1, 0.15) is 20.8 Å². The number of amides is 1. The van der Waals surface area contributed by atoms with Gasteiger partial charge in [-0.3, -0.25) is 4.79 Å². The first-order valence-electron chi connectivity index (χ1n) is 6.80. The number of aromatic nitrogens is 4. The molecule has 7 nitrogen and oxygen atoms in total. The quantitative estimate of drug-likeness (QED) is 0.934. The van der Waals surface area contributed by atoms with Crippen molar-refractivity contribution in [3.63, 3.8) is 0 Å². The van der Waals surface area contributed by atoms with Crippen molar-refractivity contribution in [3.05, 3.63) is 18.5 Å². The molecular weight excluding hydrogens is 308 g/mol. The molecule has 0 radical (unpaired) electrons. The standard InChI is InChI=1S/C14H17F2N5O2/c1-14(2,3)12(22)19-11-10(23-13(15)16)8(5-6-17-11)9-7-18-21(4)20-9/h5-7,13H,1-4H3,(H,17,19,22). The van der Waals surface area contributed by atoms with E-state index in [1.807, 2.05) is 0 Å². The Balaban J connectivity index is 2.48. The normalized spacial score (nSPS) is 11.6. The zero-order valence-corrected chi connectivity index (χ0v) is 13.2. The Kier molecular flexibility index (Phi) is 4.57. The van der Waals surface area contributed by atoms with Crippen molar-refractivity contribution in [2.75, 3.05) is 5.32 Å². The summed E-state index contributed by atoms with van der Waals surface area (Å²) in [5.74, 6) is -0.714. The number of hydrogen-bond acceptors (Lipinski definition) is 5. The molecule has 9 heteroatoms. The summed E-state index contributed by atoms with van der Waals surface area (Å²) in [5.41, 5.74) is -0.124. The first-order chi connectivity index (χ1) is 10.7. The number of halogens is 2. The molecule has 0 saturated heterocycles. The van der Waals surface area contributed by atoms with E-state index in [0.29, 0.717) is 5.69 Å². The fourth-order valence-electron chi connectivity index (χ4n) is 1.71. The molecule has 0 unspecified atom stereocenters. The third-order valence-electron chi connectivity index (χ3n) is 2.90. The maximum atomic E-state index is 12.8. The molecule has 0 aliphatic rings. The van der Waals surface area contributed by atoms with E-state index in [-0.39, 0.29) is 23.0 Å². The monoisotopic (exact) mass is 325 g/mol. The van der Waals surface area contributed by atoms with Crippen LogP contribution in [-0.2, 0) is 11.8 Å². The minimum atomic E-state index is -3.07. The Labute approximate surface area is 131 Å². The van der Waals surface area contributed by atoms with Crippen molar-refractivity contribution in [3.8, 4) is 17.0 Å². The number of nitrogens with zero attached hydrogens (tertiary/aromatic N) is 4. The summed E-state index contributed by atoms with van der Waals surface area (Å²) in [6.07, 6.45) is 2.78. The van der Waals surface area contributed by atoms with Crippen LogP contribution in [0.25, 0.3) is 11.3 Å². The van der Waals surface area contributed by atoms with Gasteiger partial charge in [0, 0.05) is 18.7 Å². The number of ether oxygens (including phenoxy) is 1. The van der Waals surface area contributed by atoms with Gasteiger partial charge in [-0.25, -0.2) is 4.98 Å². The second-order valence-corrected chi connectivity index (χ2v) is 5.84. The summed E-state index contributed by atoms with van der Waals surface area (Å²) in [4.78, 5) is 17.3. The molecule has 1 N–H and O–H groups in total. The summed E-state index contributed by atoms with van der Waals surface area (Å²) in [5, 5.41) is 10.5. The van der Waals surface area contributed by atoms with Crippen LogP contribution in [0, 0.1) is 5.41 Å². The van der Waals surface area contributed by atoms with Gasteiger partial charge in [0.25, 0.3) is 0 Å². The third kappa shape index (κ3) is 3.99. The first kappa shape index (κ1) is 16.8. The number of anilines is 1. The summed E-state index contributed by atoms with van der Waals surface area (Å²) in [7, 11) is 1.60. The van der Waals surface area contributed by atoms with Gasteiger partial charge in [-0.2, -0.15) is 23.8 Å². The van der Waals surface area contributed by atoms with Crippen molar-refractivity contribution >= 4 is 11.7 Å². The third-order valence-corrected chi connectivity index (χ3v) is 2.90. The second kappa shape index (κ2) is 6.27. The summed E-state index contributed by atoms with van der Waals surface area (Å²) in [6.45, 7) is 2.02. The SMILES string of the molecule is Cn1ncc(-c2ccnc(NC(=O)C(C)(C)C)c2OC(F)F)n1. The van der Waals surface area contributed by atoms with Gasteiger partial charge in [0.15, 0.2) is 11.6 Å². The fourth-order valence-corrected chi connectivity index (χ4v) is 1.71. The average Bonchev–Trinajstić information content (AvgIpc) is 2.85. The average molecular weight is 325 g/mol. The molecule has 2 aromatic rings. The zero-order valence-electron chi connectivity index (χ0n) is 13.2. The molecule has 0 fully saturated rings. The molecule has 0 aliphatic heterocycles. The molecule has 0 aliphatic carbocycles. The number of carbonyl (C=O) groups is 1. The molecule has 2 heterocycles. The van der Waals surface area contributed by atoms with Crippen molar-refractivity contribution in [2.24, 2.45) is 12.5 Å². The van der Waals surface area contributed by atoms with Gasteiger partial charge in [-0.05, 0) is 6.07 Å². The van der Waals surface area contributed by atoms with E-state index < -0.39 is 12.0 Å². The van der Waals surface area contributed by atoms with Crippen molar-refractivity contribution < 1.29 is 18.3 Å². The smallest absolute Gasteiger partial charge is 0.387 e. The van der Waals surface area contributed by atoms with E-state index in [0.717, 1.165) is 0 Å². The minimum absolute atomic E-state index is 0.0895. The second-order valence-electron chi connectivity index (χ2n) is 5.84. The summed E-state index contributed by atoms with van der Waals surface area (Å²) < 4.78 is 30.1. The molecule has 0 aromatic carbocycles. The maximum absolute atomic E-state index is 12.8. The number of aryl methyl sites for hydroxylation is 1. The van der Waals surface area contributed by atoms with Gasteiger partial charge < -0.3 is 10.1 Å². The Morgan fingerprint density at radius 3 is 2.61 bits per heavy atom. The molecule has 2 aromatic heterocycles. The predicted molar refractivity (Wildman–Crippen MR) is 79.0 cm³/mol. The lowest BCUT2D eigenvalue weighted by Gasteiger charge is -2.19. The van der Waals surface area contributed by atoms with Crippen molar-refractivity contribution in [1.82, 2.24) is 20.0 Å². The van der Waals surface area contributed by atoms with Crippen LogP contribution >= 0.6 is 0 Å². The van der Waals surface area contributed by atoms with E-state index in [4.69, 9.17) is 0 Å². The van der Waals surface area contributed by atoms with Crippen LogP contribution < -0.4 is 10.1 Å². The number of carbonyl (C=O) groups excluding carboxylic acids is 1. The van der Waals surface area contributed by atoms with Crippen LogP contribution in [-0.4, -0.2) is 32.5 Å². The van der Waals surface area contributed by atoms with E-state index in [2.05, 4.69) is 25.2 Å². The van der Waals surface area contributed by atoms with Crippen molar-refractivity contribution in [2.45, 2.75) is 27.4 Å². The Morgan fingerprint density at radius 1 is 1.39 bits per heavy atom. The van der Waals surface area contributed by atoms with Gasteiger partial charge in [0.2, 0.25) is 5.91 Å². The highest BCUT2D eigenvalue weighted by molar-refractivity contribution is 5.96. The van der Waals surface area contributed by atoms with Gasteiger partial charge >= 0.3 is 6.61 Å². The Bertz CT molecular complexity index is 709. The van der Waals surface area contributed by atoms with E-state index in [1.54, 1.807) is 27.8 Å². The van der Waals surface area contributed by atoms with E-state index >= 15 is 0 Å². The molecule has 1 amide bonds. The van der Waals surface area contributed by atoms with E-state index in [1.165, 1.54) is 23.3 Å². The van der Waals surface area contributed by atoms with Gasteiger partial charge in [0.1, 0.15) is 5.69 Å². The molecular formula is C14H17F2N5O2. The number of alkyl halides is 2. The molecule has 0 spiro atoms.